The number of methoxy groups -OCH3 is 1. The second-order valence-electron chi connectivity index (χ2n) is 4.88. The van der Waals surface area contributed by atoms with E-state index in [-0.39, 0.29) is 11.5 Å². The minimum absolute atomic E-state index is 0.232. The van der Waals surface area contributed by atoms with Gasteiger partial charge in [-0.15, -0.1) is 0 Å². The van der Waals surface area contributed by atoms with Gasteiger partial charge in [0.15, 0.2) is 9.84 Å². The van der Waals surface area contributed by atoms with E-state index in [1.165, 1.54) is 7.11 Å². The lowest BCUT2D eigenvalue weighted by molar-refractivity contribution is 0.0705. The van der Waals surface area contributed by atoms with Crippen LogP contribution in [0, 0.1) is 0 Å². The van der Waals surface area contributed by atoms with Crippen molar-refractivity contribution in [1.82, 2.24) is 0 Å². The van der Waals surface area contributed by atoms with Crippen LogP contribution in [0.2, 0.25) is 0 Å². The molecule has 3 atom stereocenters. The second-order valence-corrected chi connectivity index (χ2v) is 7.03. The first-order valence-corrected chi connectivity index (χ1v) is 8.05. The number of sulfone groups is 1. The number of aliphatic hydroxyl groups excluding tert-OH is 2. The van der Waals surface area contributed by atoms with Gasteiger partial charge in [0.1, 0.15) is 23.7 Å². The summed E-state index contributed by atoms with van der Waals surface area (Å²) in [7, 11) is -1.79. The molecule has 2 rings (SSSR count). The van der Waals surface area contributed by atoms with Crippen molar-refractivity contribution in [3.8, 4) is 11.5 Å². The van der Waals surface area contributed by atoms with Gasteiger partial charge in [-0.1, -0.05) is 0 Å². The van der Waals surface area contributed by atoms with E-state index in [0.29, 0.717) is 17.1 Å². The van der Waals surface area contributed by atoms with Gasteiger partial charge in [0.2, 0.25) is 0 Å². The molecule has 112 valence electrons. The van der Waals surface area contributed by atoms with Crippen LogP contribution in [0.3, 0.4) is 0 Å². The normalized spacial score (nSPS) is 26.2. The minimum Gasteiger partial charge on any atom is -0.497 e. The van der Waals surface area contributed by atoms with Gasteiger partial charge in [0.05, 0.1) is 24.7 Å². The summed E-state index contributed by atoms with van der Waals surface area (Å²) < 4.78 is 33.6. The second kappa shape index (κ2) is 5.59. The number of hydrogen-bond acceptors (Lipinski definition) is 6. The number of benzene rings is 1. The molecule has 1 aromatic rings. The van der Waals surface area contributed by atoms with Crippen LogP contribution in [-0.4, -0.2) is 49.5 Å². The fourth-order valence-electron chi connectivity index (χ4n) is 2.16. The Morgan fingerprint density at radius 1 is 1.35 bits per heavy atom. The molecular formula is C13H18O6S. The first-order valence-electron chi connectivity index (χ1n) is 6.23. The number of ether oxygens (including phenoxy) is 2. The maximum Gasteiger partial charge on any atom is 0.156 e. The van der Waals surface area contributed by atoms with Crippen LogP contribution < -0.4 is 9.47 Å². The molecule has 0 aliphatic carbocycles. The molecule has 0 aromatic heterocycles. The van der Waals surface area contributed by atoms with Gasteiger partial charge in [-0.3, -0.25) is 0 Å². The number of hydrogen-bond donors (Lipinski definition) is 2. The average Bonchev–Trinajstić information content (AvgIpc) is 2.61. The van der Waals surface area contributed by atoms with E-state index in [1.54, 1.807) is 25.1 Å². The lowest BCUT2D eigenvalue weighted by Gasteiger charge is -2.20. The highest BCUT2D eigenvalue weighted by molar-refractivity contribution is 7.91. The van der Waals surface area contributed by atoms with E-state index in [0.717, 1.165) is 0 Å². The molecule has 0 bridgehead atoms. The van der Waals surface area contributed by atoms with Gasteiger partial charge in [0.25, 0.3) is 0 Å². The molecule has 6 nitrogen and oxygen atoms in total. The summed E-state index contributed by atoms with van der Waals surface area (Å²) in [6.07, 6.45) is -2.66. The SMILES string of the molecule is COc1ccc([C@@H](C)O)c(OC2CS(=O)(=O)CC2O)c1. The van der Waals surface area contributed by atoms with E-state index in [1.807, 2.05) is 0 Å². The van der Waals surface area contributed by atoms with Crippen LogP contribution in [0.25, 0.3) is 0 Å². The van der Waals surface area contributed by atoms with Crippen molar-refractivity contribution in [2.45, 2.75) is 25.2 Å². The molecule has 2 N–H and O–H groups in total. The minimum atomic E-state index is -3.28. The molecule has 1 saturated heterocycles. The predicted octanol–water partition coefficient (Wildman–Crippen LogP) is 0.285. The van der Waals surface area contributed by atoms with Crippen LogP contribution in [-0.2, 0) is 9.84 Å². The smallest absolute Gasteiger partial charge is 0.156 e. The van der Waals surface area contributed by atoms with Gasteiger partial charge in [-0.05, 0) is 19.1 Å². The maximum absolute atomic E-state index is 11.5. The summed E-state index contributed by atoms with van der Waals surface area (Å²) in [5, 5.41) is 19.5. The predicted molar refractivity (Wildman–Crippen MR) is 72.7 cm³/mol. The molecule has 1 aliphatic rings. The Labute approximate surface area is 117 Å². The third kappa shape index (κ3) is 3.23. The lowest BCUT2D eigenvalue weighted by atomic mass is 10.1. The largest absolute Gasteiger partial charge is 0.497 e. The number of rotatable bonds is 4. The van der Waals surface area contributed by atoms with E-state index in [4.69, 9.17) is 9.47 Å². The highest BCUT2D eigenvalue weighted by Gasteiger charge is 2.38. The maximum atomic E-state index is 11.5. The van der Waals surface area contributed by atoms with Crippen LogP contribution in [0.5, 0.6) is 11.5 Å². The van der Waals surface area contributed by atoms with Gasteiger partial charge in [-0.2, -0.15) is 0 Å². The average molecular weight is 302 g/mol. The van der Waals surface area contributed by atoms with E-state index in [2.05, 4.69) is 0 Å². The Hall–Kier alpha value is -1.31. The summed E-state index contributed by atoms with van der Waals surface area (Å²) >= 11 is 0. The number of aliphatic hydroxyl groups is 2. The third-order valence-corrected chi connectivity index (χ3v) is 4.91. The van der Waals surface area contributed by atoms with Crippen molar-refractivity contribution >= 4 is 9.84 Å². The van der Waals surface area contributed by atoms with Gasteiger partial charge in [-0.25, -0.2) is 8.42 Å². The fraction of sp³-hybridized carbons (Fsp3) is 0.538. The standard InChI is InChI=1S/C13H18O6S/c1-8(14)10-4-3-9(18-2)5-12(10)19-13-7-20(16,17)6-11(13)15/h3-5,8,11,13-15H,6-7H2,1-2H3/t8-,11?,13?/m1/s1. The van der Waals surface area contributed by atoms with Crippen LogP contribution >= 0.6 is 0 Å². The van der Waals surface area contributed by atoms with E-state index >= 15 is 0 Å². The van der Waals surface area contributed by atoms with E-state index < -0.39 is 28.1 Å². The topological polar surface area (TPSA) is 93.1 Å². The molecule has 1 aliphatic heterocycles. The van der Waals surface area contributed by atoms with Crippen LogP contribution in [0.15, 0.2) is 18.2 Å². The molecule has 0 spiro atoms. The lowest BCUT2D eigenvalue weighted by Crippen LogP contribution is -2.30. The zero-order valence-electron chi connectivity index (χ0n) is 11.3. The summed E-state index contributed by atoms with van der Waals surface area (Å²) in [6, 6.07) is 4.89. The quantitative estimate of drug-likeness (QED) is 0.830. The third-order valence-electron chi connectivity index (χ3n) is 3.22. The van der Waals surface area contributed by atoms with Crippen LogP contribution in [0.4, 0.5) is 0 Å². The molecule has 1 fully saturated rings. The Balaban J connectivity index is 2.28. The molecule has 1 heterocycles. The fourth-order valence-corrected chi connectivity index (χ4v) is 3.82. The first-order chi connectivity index (χ1) is 9.32. The molecule has 0 radical (unpaired) electrons. The molecule has 1 aromatic carbocycles. The molecule has 20 heavy (non-hydrogen) atoms. The van der Waals surface area contributed by atoms with Crippen molar-refractivity contribution in [1.29, 1.82) is 0 Å². The zero-order valence-corrected chi connectivity index (χ0v) is 12.1. The van der Waals surface area contributed by atoms with Gasteiger partial charge >= 0.3 is 0 Å². The van der Waals surface area contributed by atoms with Crippen molar-refractivity contribution in [2.24, 2.45) is 0 Å². The summed E-state index contributed by atoms with van der Waals surface area (Å²) in [4.78, 5) is 0. The Bertz CT molecular complexity index is 581. The highest BCUT2D eigenvalue weighted by atomic mass is 32.2. The highest BCUT2D eigenvalue weighted by Crippen LogP contribution is 2.31. The van der Waals surface area contributed by atoms with Gasteiger partial charge in [0, 0.05) is 11.6 Å². The summed E-state index contributed by atoms with van der Waals surface area (Å²) in [5.41, 5.74) is 0.516. The molecule has 7 heteroatoms. The molecular weight excluding hydrogens is 284 g/mol. The monoisotopic (exact) mass is 302 g/mol. The Morgan fingerprint density at radius 3 is 2.55 bits per heavy atom. The van der Waals surface area contributed by atoms with Crippen molar-refractivity contribution in [3.63, 3.8) is 0 Å². The zero-order chi connectivity index (χ0) is 14.9. The summed E-state index contributed by atoms with van der Waals surface area (Å²) in [6.45, 7) is 1.58. The van der Waals surface area contributed by atoms with Crippen molar-refractivity contribution in [2.75, 3.05) is 18.6 Å². The van der Waals surface area contributed by atoms with Crippen LogP contribution in [0.1, 0.15) is 18.6 Å². The van der Waals surface area contributed by atoms with Crippen molar-refractivity contribution < 1.29 is 28.1 Å². The molecule has 0 saturated carbocycles. The Kier molecular flexibility index (Phi) is 4.22. The van der Waals surface area contributed by atoms with Gasteiger partial charge < -0.3 is 19.7 Å². The molecule has 2 unspecified atom stereocenters. The van der Waals surface area contributed by atoms with E-state index in [9.17, 15) is 18.6 Å². The first kappa shape index (κ1) is 15.1. The Morgan fingerprint density at radius 2 is 2.05 bits per heavy atom. The molecule has 0 amide bonds. The summed E-state index contributed by atoms with van der Waals surface area (Å²) in [5.74, 6) is 0.316. The van der Waals surface area contributed by atoms with Crippen molar-refractivity contribution in [3.05, 3.63) is 23.8 Å².